The summed E-state index contributed by atoms with van der Waals surface area (Å²) in [6.45, 7) is 3.56. The molecule has 3 aromatic heterocycles. The van der Waals surface area contributed by atoms with Crippen LogP contribution in [-0.2, 0) is 17.8 Å². The molecule has 4 aromatic rings. The number of thiazole rings is 1. The van der Waals surface area contributed by atoms with E-state index in [0.717, 1.165) is 39.6 Å². The minimum Gasteiger partial charge on any atom is -0.337 e. The summed E-state index contributed by atoms with van der Waals surface area (Å²) in [7, 11) is 0. The zero-order chi connectivity index (χ0) is 20.1. The molecule has 0 saturated carbocycles. The Bertz CT molecular complexity index is 1100. The number of fused-ring (bicyclic) bond motifs is 1. The summed E-state index contributed by atoms with van der Waals surface area (Å²) in [4.78, 5) is 24.7. The van der Waals surface area contributed by atoms with Crippen molar-refractivity contribution in [1.29, 1.82) is 0 Å². The number of aryl methyl sites for hydroxylation is 2. The van der Waals surface area contributed by atoms with E-state index < -0.39 is 0 Å². The SMILES string of the molecule is CCc1ccc2nc(N(CCCn3ccnc3)C(=O)C=Cc3cccs3)sc2c1.Cl. The Morgan fingerprint density at radius 3 is 2.93 bits per heavy atom. The molecule has 30 heavy (non-hydrogen) atoms. The number of amides is 1. The van der Waals surface area contributed by atoms with Crippen LogP contribution in [0.1, 0.15) is 23.8 Å². The number of benzene rings is 1. The first kappa shape index (κ1) is 22.2. The molecule has 0 N–H and O–H groups in total. The van der Waals surface area contributed by atoms with Gasteiger partial charge in [-0.05, 0) is 48.1 Å². The number of thiophene rings is 1. The molecule has 156 valence electrons. The van der Waals surface area contributed by atoms with Crippen molar-refractivity contribution in [2.75, 3.05) is 11.4 Å². The first-order valence-corrected chi connectivity index (χ1v) is 11.3. The Balaban J connectivity index is 0.00000256. The van der Waals surface area contributed by atoms with Crippen LogP contribution in [0, 0.1) is 0 Å². The Kier molecular flexibility index (Phi) is 7.79. The van der Waals surface area contributed by atoms with E-state index in [-0.39, 0.29) is 18.3 Å². The van der Waals surface area contributed by atoms with Crippen LogP contribution < -0.4 is 4.90 Å². The van der Waals surface area contributed by atoms with Gasteiger partial charge in [0.15, 0.2) is 5.13 Å². The van der Waals surface area contributed by atoms with Gasteiger partial charge in [0, 0.05) is 36.4 Å². The third kappa shape index (κ3) is 5.36. The van der Waals surface area contributed by atoms with Crippen molar-refractivity contribution in [2.24, 2.45) is 0 Å². The Hall–Kier alpha value is -2.48. The topological polar surface area (TPSA) is 51.0 Å². The van der Waals surface area contributed by atoms with E-state index in [1.165, 1.54) is 5.56 Å². The first-order valence-electron chi connectivity index (χ1n) is 9.61. The molecule has 4 rings (SSSR count). The number of carbonyl (C=O) groups excluding carboxylic acids is 1. The first-order chi connectivity index (χ1) is 14.2. The fourth-order valence-corrected chi connectivity index (χ4v) is 4.73. The van der Waals surface area contributed by atoms with Crippen LogP contribution in [0.4, 0.5) is 5.13 Å². The molecule has 0 saturated heterocycles. The van der Waals surface area contributed by atoms with Crippen LogP contribution in [0.3, 0.4) is 0 Å². The minimum atomic E-state index is -0.0428. The second-order valence-corrected chi connectivity index (χ2v) is 8.63. The van der Waals surface area contributed by atoms with E-state index in [9.17, 15) is 4.79 Å². The molecular weight excluding hydrogens is 436 g/mol. The number of aromatic nitrogens is 3. The summed E-state index contributed by atoms with van der Waals surface area (Å²) in [6, 6.07) is 10.3. The number of hydrogen-bond donors (Lipinski definition) is 0. The molecule has 0 aliphatic carbocycles. The second-order valence-electron chi connectivity index (χ2n) is 6.64. The van der Waals surface area contributed by atoms with Gasteiger partial charge in [-0.3, -0.25) is 9.69 Å². The number of hydrogen-bond acceptors (Lipinski definition) is 5. The van der Waals surface area contributed by atoms with Crippen LogP contribution >= 0.6 is 35.1 Å². The monoisotopic (exact) mass is 458 g/mol. The molecule has 0 atom stereocenters. The van der Waals surface area contributed by atoms with E-state index in [1.807, 2.05) is 40.4 Å². The molecule has 0 aliphatic rings. The Morgan fingerprint density at radius 2 is 2.20 bits per heavy atom. The third-order valence-electron chi connectivity index (χ3n) is 4.64. The van der Waals surface area contributed by atoms with Crippen molar-refractivity contribution in [3.05, 3.63) is 70.9 Å². The van der Waals surface area contributed by atoms with Crippen molar-refractivity contribution < 1.29 is 4.79 Å². The lowest BCUT2D eigenvalue weighted by atomic mass is 10.2. The molecule has 0 radical (unpaired) electrons. The maximum absolute atomic E-state index is 13.0. The quantitative estimate of drug-likeness (QED) is 0.319. The smallest absolute Gasteiger partial charge is 0.252 e. The van der Waals surface area contributed by atoms with Crippen molar-refractivity contribution >= 4 is 62.4 Å². The van der Waals surface area contributed by atoms with Gasteiger partial charge < -0.3 is 4.57 Å². The molecule has 1 aromatic carbocycles. The highest BCUT2D eigenvalue weighted by Gasteiger charge is 2.18. The van der Waals surface area contributed by atoms with Gasteiger partial charge in [0.2, 0.25) is 0 Å². The summed E-state index contributed by atoms with van der Waals surface area (Å²) < 4.78 is 3.14. The van der Waals surface area contributed by atoms with E-state index >= 15 is 0 Å². The largest absolute Gasteiger partial charge is 0.337 e. The molecule has 3 heterocycles. The number of imidazole rings is 1. The number of carbonyl (C=O) groups is 1. The van der Waals surface area contributed by atoms with Gasteiger partial charge in [-0.15, -0.1) is 23.7 Å². The summed E-state index contributed by atoms with van der Waals surface area (Å²) in [5.74, 6) is -0.0428. The predicted octanol–water partition coefficient (Wildman–Crippen LogP) is 5.68. The molecule has 0 unspecified atom stereocenters. The highest BCUT2D eigenvalue weighted by atomic mass is 35.5. The van der Waals surface area contributed by atoms with Crippen LogP contribution in [0.2, 0.25) is 0 Å². The zero-order valence-electron chi connectivity index (χ0n) is 16.6. The van der Waals surface area contributed by atoms with Crippen LogP contribution in [-0.4, -0.2) is 27.0 Å². The molecular formula is C22H23ClN4OS2. The van der Waals surface area contributed by atoms with Crippen molar-refractivity contribution in [1.82, 2.24) is 14.5 Å². The van der Waals surface area contributed by atoms with E-state index in [2.05, 4.69) is 24.0 Å². The summed E-state index contributed by atoms with van der Waals surface area (Å²) in [6.07, 6.45) is 10.8. The Morgan fingerprint density at radius 1 is 1.30 bits per heavy atom. The Labute approximate surface area is 190 Å². The van der Waals surface area contributed by atoms with Crippen molar-refractivity contribution in [3.8, 4) is 0 Å². The van der Waals surface area contributed by atoms with E-state index in [4.69, 9.17) is 4.98 Å². The zero-order valence-corrected chi connectivity index (χ0v) is 19.1. The van der Waals surface area contributed by atoms with Crippen LogP contribution in [0.5, 0.6) is 0 Å². The highest BCUT2D eigenvalue weighted by molar-refractivity contribution is 7.22. The van der Waals surface area contributed by atoms with Crippen molar-refractivity contribution in [3.63, 3.8) is 0 Å². The maximum Gasteiger partial charge on any atom is 0.252 e. The summed E-state index contributed by atoms with van der Waals surface area (Å²) >= 11 is 3.19. The standard InChI is InChI=1S/C22H22N4OS2.ClH/c1-2-17-6-8-19-20(15-17)29-22(24-19)26(12-4-11-25-13-10-23-16-25)21(27)9-7-18-5-3-14-28-18;/h3,5-10,13-16H,2,4,11-12H2,1H3;1H. The van der Waals surface area contributed by atoms with Gasteiger partial charge in [-0.2, -0.15) is 0 Å². The fraction of sp³-hybridized carbons (Fsp3) is 0.227. The summed E-state index contributed by atoms with van der Waals surface area (Å²) in [5, 5.41) is 2.76. The van der Waals surface area contributed by atoms with E-state index in [0.29, 0.717) is 6.54 Å². The molecule has 0 spiro atoms. The molecule has 8 heteroatoms. The number of nitrogens with zero attached hydrogens (tertiary/aromatic N) is 4. The third-order valence-corrected chi connectivity index (χ3v) is 6.52. The van der Waals surface area contributed by atoms with Gasteiger partial charge >= 0.3 is 0 Å². The number of halogens is 1. The number of anilines is 1. The summed E-state index contributed by atoms with van der Waals surface area (Å²) in [5.41, 5.74) is 2.22. The van der Waals surface area contributed by atoms with Gasteiger partial charge in [-0.25, -0.2) is 9.97 Å². The van der Waals surface area contributed by atoms with Gasteiger partial charge in [0.25, 0.3) is 5.91 Å². The minimum absolute atomic E-state index is 0. The molecule has 0 fully saturated rings. The molecule has 0 aliphatic heterocycles. The van der Waals surface area contributed by atoms with Crippen LogP contribution in [0.15, 0.2) is 60.5 Å². The lowest BCUT2D eigenvalue weighted by molar-refractivity contribution is -0.114. The van der Waals surface area contributed by atoms with Gasteiger partial charge in [-0.1, -0.05) is 30.4 Å². The fourth-order valence-electron chi connectivity index (χ4n) is 3.05. The van der Waals surface area contributed by atoms with E-state index in [1.54, 1.807) is 46.2 Å². The van der Waals surface area contributed by atoms with Crippen molar-refractivity contribution in [2.45, 2.75) is 26.3 Å². The van der Waals surface area contributed by atoms with Crippen LogP contribution in [0.25, 0.3) is 16.3 Å². The molecule has 0 bridgehead atoms. The molecule has 5 nitrogen and oxygen atoms in total. The lowest BCUT2D eigenvalue weighted by Crippen LogP contribution is -2.30. The van der Waals surface area contributed by atoms with Gasteiger partial charge in [0.1, 0.15) is 0 Å². The molecule has 1 amide bonds. The van der Waals surface area contributed by atoms with Gasteiger partial charge in [0.05, 0.1) is 16.5 Å². The maximum atomic E-state index is 13.0. The lowest BCUT2D eigenvalue weighted by Gasteiger charge is -2.18. The number of rotatable bonds is 8. The second kappa shape index (κ2) is 10.5. The average Bonchev–Trinajstić information content (AvgIpc) is 3.50. The normalized spacial score (nSPS) is 11.1. The predicted molar refractivity (Wildman–Crippen MR) is 129 cm³/mol. The highest BCUT2D eigenvalue weighted by Crippen LogP contribution is 2.30. The average molecular weight is 459 g/mol.